The van der Waals surface area contributed by atoms with Crippen molar-refractivity contribution in [3.8, 4) is 17.9 Å². The number of benzene rings is 1. The van der Waals surface area contributed by atoms with E-state index in [1.165, 1.54) is 6.20 Å². The van der Waals surface area contributed by atoms with Crippen molar-refractivity contribution in [2.45, 2.75) is 0 Å². The van der Waals surface area contributed by atoms with Gasteiger partial charge >= 0.3 is 0 Å². The van der Waals surface area contributed by atoms with Crippen molar-refractivity contribution in [1.82, 2.24) is 9.97 Å². The highest BCUT2D eigenvalue weighted by Gasteiger charge is 2.04. The van der Waals surface area contributed by atoms with E-state index in [0.29, 0.717) is 5.69 Å². The number of ether oxygens (including phenoxy) is 1. The Kier molecular flexibility index (Phi) is 4.06. The number of aromatic nitrogens is 2. The predicted octanol–water partition coefficient (Wildman–Crippen LogP) is 2.40. The summed E-state index contributed by atoms with van der Waals surface area (Å²) in [7, 11) is 1.60. The Morgan fingerprint density at radius 2 is 1.85 bits per heavy atom. The minimum atomic E-state index is 0.0228. The van der Waals surface area contributed by atoms with Crippen LogP contribution >= 0.6 is 0 Å². The van der Waals surface area contributed by atoms with E-state index in [0.717, 1.165) is 11.3 Å². The van der Waals surface area contributed by atoms with E-state index in [1.54, 1.807) is 13.2 Å². The van der Waals surface area contributed by atoms with Gasteiger partial charge in [-0.05, 0) is 18.2 Å². The van der Waals surface area contributed by atoms with Crippen molar-refractivity contribution < 1.29 is 4.74 Å². The molecule has 0 aliphatic heterocycles. The minimum Gasteiger partial charge on any atom is -0.496 e. The number of para-hydroxylation sites is 1. The van der Waals surface area contributed by atoms with E-state index in [4.69, 9.17) is 15.3 Å². The van der Waals surface area contributed by atoms with E-state index in [9.17, 15) is 0 Å². The fourth-order valence-electron chi connectivity index (χ4n) is 1.62. The van der Waals surface area contributed by atoms with Gasteiger partial charge in [0.25, 0.3) is 0 Å². The number of hydrogen-bond donors (Lipinski definition) is 0. The molecule has 0 bridgehead atoms. The molecule has 0 fully saturated rings. The highest BCUT2D eigenvalue weighted by Crippen LogP contribution is 2.19. The molecule has 96 valence electrons. The summed E-state index contributed by atoms with van der Waals surface area (Å²) in [6, 6.07) is 11.2. The largest absolute Gasteiger partial charge is 0.496 e. The standard InChI is InChI=1S/C15H10N4O/c1-20-15-5-3-2-4-11(15)6-7-12-10-18-13(8-16)14(9-17)19-12/h2-7,10H,1H3/b7-6+. The molecule has 0 aliphatic carbocycles. The molecule has 0 radical (unpaired) electrons. The second kappa shape index (κ2) is 6.12. The molecule has 0 amide bonds. The maximum absolute atomic E-state index is 8.89. The van der Waals surface area contributed by atoms with Crippen LogP contribution in [0.4, 0.5) is 0 Å². The first-order valence-corrected chi connectivity index (χ1v) is 5.77. The molecule has 0 spiro atoms. The van der Waals surface area contributed by atoms with E-state index in [1.807, 2.05) is 42.5 Å². The fourth-order valence-corrected chi connectivity index (χ4v) is 1.62. The first-order valence-electron chi connectivity index (χ1n) is 5.77. The second-order valence-corrected chi connectivity index (χ2v) is 3.79. The van der Waals surface area contributed by atoms with Gasteiger partial charge in [-0.25, -0.2) is 9.97 Å². The van der Waals surface area contributed by atoms with Crippen molar-refractivity contribution >= 4 is 12.2 Å². The van der Waals surface area contributed by atoms with Gasteiger partial charge in [-0.3, -0.25) is 0 Å². The van der Waals surface area contributed by atoms with Gasteiger partial charge in [0.2, 0.25) is 0 Å². The zero-order valence-electron chi connectivity index (χ0n) is 10.7. The van der Waals surface area contributed by atoms with Crippen LogP contribution in [0.2, 0.25) is 0 Å². The molecule has 2 aromatic rings. The summed E-state index contributed by atoms with van der Waals surface area (Å²) in [4.78, 5) is 7.95. The molecular formula is C15H10N4O. The van der Waals surface area contributed by atoms with Crippen LogP contribution in [-0.4, -0.2) is 17.1 Å². The van der Waals surface area contributed by atoms with E-state index < -0.39 is 0 Å². The van der Waals surface area contributed by atoms with E-state index in [2.05, 4.69) is 9.97 Å². The van der Waals surface area contributed by atoms with Gasteiger partial charge in [0.1, 0.15) is 17.9 Å². The van der Waals surface area contributed by atoms with Crippen molar-refractivity contribution in [1.29, 1.82) is 10.5 Å². The van der Waals surface area contributed by atoms with Crippen LogP contribution in [-0.2, 0) is 0 Å². The maximum atomic E-state index is 8.89. The summed E-state index contributed by atoms with van der Waals surface area (Å²) < 4.78 is 5.23. The summed E-state index contributed by atoms with van der Waals surface area (Å²) >= 11 is 0. The first-order chi connectivity index (χ1) is 9.78. The molecule has 0 atom stereocenters. The Balaban J connectivity index is 2.33. The van der Waals surface area contributed by atoms with Gasteiger partial charge < -0.3 is 4.74 Å². The third-order valence-electron chi connectivity index (χ3n) is 2.58. The Hall–Kier alpha value is -3.18. The fraction of sp³-hybridized carbons (Fsp3) is 0.0667. The highest BCUT2D eigenvalue weighted by molar-refractivity contribution is 5.71. The zero-order valence-corrected chi connectivity index (χ0v) is 10.7. The van der Waals surface area contributed by atoms with Crippen LogP contribution in [0.3, 0.4) is 0 Å². The first kappa shape index (κ1) is 13.3. The Morgan fingerprint density at radius 1 is 1.10 bits per heavy atom. The quantitative estimate of drug-likeness (QED) is 0.848. The Morgan fingerprint density at radius 3 is 2.55 bits per heavy atom. The molecule has 0 aliphatic rings. The van der Waals surface area contributed by atoms with E-state index >= 15 is 0 Å². The summed E-state index contributed by atoms with van der Waals surface area (Å²) in [6.45, 7) is 0. The second-order valence-electron chi connectivity index (χ2n) is 3.79. The average Bonchev–Trinajstić information content (AvgIpc) is 2.52. The van der Waals surface area contributed by atoms with Gasteiger partial charge in [0.15, 0.2) is 11.4 Å². The van der Waals surface area contributed by atoms with Crippen molar-refractivity contribution in [3.05, 3.63) is 53.1 Å². The van der Waals surface area contributed by atoms with Gasteiger partial charge in [-0.2, -0.15) is 10.5 Å². The van der Waals surface area contributed by atoms with E-state index in [-0.39, 0.29) is 11.4 Å². The lowest BCUT2D eigenvalue weighted by molar-refractivity contribution is 0.414. The molecule has 0 unspecified atom stereocenters. The minimum absolute atomic E-state index is 0.0228. The Bertz CT molecular complexity index is 738. The molecule has 1 aromatic heterocycles. The van der Waals surface area contributed by atoms with Crippen LogP contribution < -0.4 is 4.74 Å². The summed E-state index contributed by atoms with van der Waals surface area (Å²) in [5, 5.41) is 17.7. The third-order valence-corrected chi connectivity index (χ3v) is 2.58. The smallest absolute Gasteiger partial charge is 0.177 e. The molecule has 1 aromatic carbocycles. The van der Waals surface area contributed by atoms with Gasteiger partial charge in [-0.1, -0.05) is 18.2 Å². The lowest BCUT2D eigenvalue weighted by atomic mass is 10.2. The molecular weight excluding hydrogens is 252 g/mol. The number of rotatable bonds is 3. The van der Waals surface area contributed by atoms with Crippen LogP contribution in [0.25, 0.3) is 12.2 Å². The number of hydrogen-bond acceptors (Lipinski definition) is 5. The summed E-state index contributed by atoms with van der Waals surface area (Å²) in [5.41, 5.74) is 1.45. The molecule has 1 heterocycles. The number of nitriles is 2. The van der Waals surface area contributed by atoms with Crippen molar-refractivity contribution in [2.24, 2.45) is 0 Å². The highest BCUT2D eigenvalue weighted by atomic mass is 16.5. The molecule has 2 rings (SSSR count). The SMILES string of the molecule is COc1ccccc1/C=C/c1cnc(C#N)c(C#N)n1. The van der Waals surface area contributed by atoms with Gasteiger partial charge in [-0.15, -0.1) is 0 Å². The van der Waals surface area contributed by atoms with Crippen molar-refractivity contribution in [2.75, 3.05) is 7.11 Å². The number of nitrogens with zero attached hydrogens (tertiary/aromatic N) is 4. The van der Waals surface area contributed by atoms with Crippen LogP contribution in [0.15, 0.2) is 30.5 Å². The van der Waals surface area contributed by atoms with Gasteiger partial charge in [0.05, 0.1) is 19.0 Å². The molecule has 0 saturated carbocycles. The summed E-state index contributed by atoms with van der Waals surface area (Å²) in [6.07, 6.45) is 4.98. The normalized spacial score (nSPS) is 9.95. The molecule has 0 N–H and O–H groups in total. The topological polar surface area (TPSA) is 82.6 Å². The average molecular weight is 262 g/mol. The van der Waals surface area contributed by atoms with Crippen LogP contribution in [0.1, 0.15) is 22.6 Å². The van der Waals surface area contributed by atoms with Crippen LogP contribution in [0, 0.1) is 22.7 Å². The van der Waals surface area contributed by atoms with Gasteiger partial charge in [0, 0.05) is 5.56 Å². The Labute approximate surface area is 116 Å². The lowest BCUT2D eigenvalue weighted by Gasteiger charge is -2.03. The predicted molar refractivity (Wildman–Crippen MR) is 73.4 cm³/mol. The monoisotopic (exact) mass is 262 g/mol. The zero-order chi connectivity index (χ0) is 14.4. The maximum Gasteiger partial charge on any atom is 0.177 e. The van der Waals surface area contributed by atoms with Crippen molar-refractivity contribution in [3.63, 3.8) is 0 Å². The molecule has 5 heteroatoms. The molecule has 0 saturated heterocycles. The van der Waals surface area contributed by atoms with Crippen LogP contribution in [0.5, 0.6) is 5.75 Å². The number of methoxy groups -OCH3 is 1. The lowest BCUT2D eigenvalue weighted by Crippen LogP contribution is -1.95. The third kappa shape index (κ3) is 2.80. The molecule has 20 heavy (non-hydrogen) atoms. The molecule has 5 nitrogen and oxygen atoms in total. The summed E-state index contributed by atoms with van der Waals surface area (Å²) in [5.74, 6) is 0.742.